The molecule has 9 heteroatoms. The molecule has 2 fully saturated rings. The first-order chi connectivity index (χ1) is 12.8. The van der Waals surface area contributed by atoms with E-state index >= 15 is 0 Å². The van der Waals surface area contributed by atoms with Crippen molar-refractivity contribution in [1.29, 1.82) is 0 Å². The Hall–Kier alpha value is -1.02. The normalized spacial score (nSPS) is 20.2. The van der Waals surface area contributed by atoms with Gasteiger partial charge in [-0.15, -0.1) is 24.8 Å². The highest BCUT2D eigenvalue weighted by Crippen LogP contribution is 2.30. The number of hydrogen-bond acceptors (Lipinski definition) is 3. The molecule has 0 unspecified atom stereocenters. The number of carbonyl (C=O) groups is 1. The predicted octanol–water partition coefficient (Wildman–Crippen LogP) is 4.24. The van der Waals surface area contributed by atoms with E-state index in [9.17, 15) is 18.0 Å². The molecular weight excluding hydrogens is 426 g/mol. The fraction of sp³-hybridized carbons (Fsp3) is 0.650. The fourth-order valence-corrected chi connectivity index (χ4v) is 4.10. The van der Waals surface area contributed by atoms with Crippen LogP contribution in [0, 0.1) is 0 Å². The minimum absolute atomic E-state index is 0. The molecule has 0 aromatic heterocycles. The quantitative estimate of drug-likeness (QED) is 0.740. The number of hydrogen-bond donors (Lipinski definition) is 1. The van der Waals surface area contributed by atoms with Gasteiger partial charge in [-0.25, -0.2) is 0 Å². The van der Waals surface area contributed by atoms with E-state index in [1.54, 1.807) is 0 Å². The van der Waals surface area contributed by atoms with Crippen LogP contribution in [0.4, 0.5) is 13.2 Å². The van der Waals surface area contributed by atoms with Gasteiger partial charge in [0.25, 0.3) is 0 Å². The van der Waals surface area contributed by atoms with Crippen molar-refractivity contribution >= 4 is 30.7 Å². The molecule has 0 spiro atoms. The summed E-state index contributed by atoms with van der Waals surface area (Å²) in [5.41, 5.74) is 5.91. The van der Waals surface area contributed by atoms with Crippen LogP contribution in [0.25, 0.3) is 0 Å². The number of nitrogens with zero attached hydrogens (tertiary/aromatic N) is 2. The zero-order valence-corrected chi connectivity index (χ0v) is 18.1. The van der Waals surface area contributed by atoms with Crippen LogP contribution in [0.15, 0.2) is 24.3 Å². The Bertz CT molecular complexity index is 649. The molecule has 0 bridgehead atoms. The number of alkyl halides is 3. The van der Waals surface area contributed by atoms with Crippen molar-refractivity contribution in [1.82, 2.24) is 9.80 Å². The highest BCUT2D eigenvalue weighted by molar-refractivity contribution is 5.86. The van der Waals surface area contributed by atoms with Gasteiger partial charge in [-0.05, 0) is 37.0 Å². The standard InChI is InChI=1S/C20H28F3N3O.2ClH/c21-20(22,23)17-7-5-16(6-8-17)15-25-11-4-12-26(14-13-25)18(27)19(24)9-2-1-3-10-19;;/h5-8H,1-4,9-15,24H2;2*1H. The lowest BCUT2D eigenvalue weighted by atomic mass is 9.81. The molecule has 0 atom stereocenters. The largest absolute Gasteiger partial charge is 0.416 e. The maximum atomic E-state index is 12.9. The summed E-state index contributed by atoms with van der Waals surface area (Å²) in [5.74, 6) is 0.0681. The second-order valence-electron chi connectivity index (χ2n) is 7.83. The van der Waals surface area contributed by atoms with Gasteiger partial charge >= 0.3 is 6.18 Å². The highest BCUT2D eigenvalue weighted by atomic mass is 35.5. The topological polar surface area (TPSA) is 49.6 Å². The maximum absolute atomic E-state index is 12.9. The van der Waals surface area contributed by atoms with Gasteiger partial charge in [0.05, 0.1) is 11.1 Å². The third-order valence-corrected chi connectivity index (χ3v) is 5.73. The lowest BCUT2D eigenvalue weighted by Gasteiger charge is -2.36. The Morgan fingerprint density at radius 2 is 1.55 bits per heavy atom. The number of rotatable bonds is 3. The number of amides is 1. The molecule has 3 rings (SSSR count). The molecule has 2 N–H and O–H groups in total. The van der Waals surface area contributed by atoms with Gasteiger partial charge in [0.1, 0.15) is 0 Å². The monoisotopic (exact) mass is 455 g/mol. The minimum Gasteiger partial charge on any atom is -0.340 e. The van der Waals surface area contributed by atoms with E-state index in [1.165, 1.54) is 12.1 Å². The summed E-state index contributed by atoms with van der Waals surface area (Å²) in [6.07, 6.45) is 1.23. The van der Waals surface area contributed by atoms with Crippen LogP contribution in [0.2, 0.25) is 0 Å². The van der Waals surface area contributed by atoms with Crippen LogP contribution in [0.3, 0.4) is 0 Å². The predicted molar refractivity (Wildman–Crippen MR) is 112 cm³/mol. The fourth-order valence-electron chi connectivity index (χ4n) is 4.10. The Balaban J connectivity index is 0.00000210. The molecular formula is C20H30Cl2F3N3O. The molecule has 1 aromatic carbocycles. The Kier molecular flexibility index (Phi) is 9.73. The molecule has 1 saturated carbocycles. The maximum Gasteiger partial charge on any atom is 0.416 e. The van der Waals surface area contributed by atoms with Gasteiger partial charge < -0.3 is 10.6 Å². The van der Waals surface area contributed by atoms with E-state index in [2.05, 4.69) is 4.90 Å². The number of halogens is 5. The number of benzene rings is 1. The zero-order valence-electron chi connectivity index (χ0n) is 16.4. The molecule has 1 aliphatic carbocycles. The van der Waals surface area contributed by atoms with Gasteiger partial charge in [-0.2, -0.15) is 13.2 Å². The molecule has 0 radical (unpaired) electrons. The Morgan fingerprint density at radius 3 is 2.14 bits per heavy atom. The molecule has 1 heterocycles. The molecule has 1 saturated heterocycles. The molecule has 4 nitrogen and oxygen atoms in total. The first-order valence-corrected chi connectivity index (χ1v) is 9.75. The van der Waals surface area contributed by atoms with Gasteiger partial charge in [-0.1, -0.05) is 31.4 Å². The van der Waals surface area contributed by atoms with Gasteiger partial charge in [0, 0.05) is 32.7 Å². The van der Waals surface area contributed by atoms with Gasteiger partial charge in [-0.3, -0.25) is 9.69 Å². The second-order valence-corrected chi connectivity index (χ2v) is 7.83. The van der Waals surface area contributed by atoms with Crippen LogP contribution in [-0.4, -0.2) is 47.4 Å². The average molecular weight is 456 g/mol. The highest BCUT2D eigenvalue weighted by Gasteiger charge is 2.38. The summed E-state index contributed by atoms with van der Waals surface area (Å²) in [4.78, 5) is 17.0. The van der Waals surface area contributed by atoms with Crippen molar-refractivity contribution in [3.05, 3.63) is 35.4 Å². The van der Waals surface area contributed by atoms with Gasteiger partial charge in [0.15, 0.2) is 0 Å². The molecule has 1 amide bonds. The van der Waals surface area contributed by atoms with Crippen molar-refractivity contribution < 1.29 is 18.0 Å². The van der Waals surface area contributed by atoms with Crippen LogP contribution in [-0.2, 0) is 17.5 Å². The number of carbonyl (C=O) groups excluding carboxylic acids is 1. The van der Waals surface area contributed by atoms with Crippen molar-refractivity contribution in [3.8, 4) is 0 Å². The summed E-state index contributed by atoms with van der Waals surface area (Å²) in [7, 11) is 0. The van der Waals surface area contributed by atoms with E-state index in [0.717, 1.165) is 62.8 Å². The summed E-state index contributed by atoms with van der Waals surface area (Å²) >= 11 is 0. The van der Waals surface area contributed by atoms with E-state index in [0.29, 0.717) is 26.2 Å². The Labute approximate surface area is 182 Å². The van der Waals surface area contributed by atoms with Crippen molar-refractivity contribution in [3.63, 3.8) is 0 Å². The third kappa shape index (κ3) is 6.74. The van der Waals surface area contributed by atoms with Crippen molar-refractivity contribution in [2.45, 2.75) is 56.8 Å². The summed E-state index contributed by atoms with van der Waals surface area (Å²) in [6, 6.07) is 5.33. The van der Waals surface area contributed by atoms with E-state index in [-0.39, 0.29) is 30.7 Å². The van der Waals surface area contributed by atoms with E-state index in [1.807, 2.05) is 4.90 Å². The SMILES string of the molecule is Cl.Cl.NC1(C(=O)N2CCCN(Cc3ccc(C(F)(F)F)cc3)CC2)CCCCC1. The van der Waals surface area contributed by atoms with Crippen LogP contribution < -0.4 is 5.73 Å². The number of nitrogens with two attached hydrogens (primary N) is 1. The van der Waals surface area contributed by atoms with Crippen LogP contribution in [0.1, 0.15) is 49.7 Å². The molecule has 1 aromatic rings. The smallest absolute Gasteiger partial charge is 0.340 e. The summed E-state index contributed by atoms with van der Waals surface area (Å²) in [5, 5.41) is 0. The molecule has 1 aliphatic heterocycles. The molecule has 29 heavy (non-hydrogen) atoms. The first-order valence-electron chi connectivity index (χ1n) is 9.75. The average Bonchev–Trinajstić information content (AvgIpc) is 2.87. The molecule has 2 aliphatic rings. The van der Waals surface area contributed by atoms with Crippen LogP contribution >= 0.6 is 24.8 Å². The Morgan fingerprint density at radius 1 is 0.931 bits per heavy atom. The minimum atomic E-state index is -4.31. The lowest BCUT2D eigenvalue weighted by molar-refractivity contribution is -0.138. The summed E-state index contributed by atoms with van der Waals surface area (Å²) < 4.78 is 38.0. The van der Waals surface area contributed by atoms with E-state index < -0.39 is 17.3 Å². The zero-order chi connectivity index (χ0) is 19.5. The molecule has 166 valence electrons. The van der Waals surface area contributed by atoms with E-state index in [4.69, 9.17) is 5.73 Å². The summed E-state index contributed by atoms with van der Waals surface area (Å²) in [6.45, 7) is 3.44. The first kappa shape index (κ1) is 26.0. The lowest BCUT2D eigenvalue weighted by Crippen LogP contribution is -2.56. The van der Waals surface area contributed by atoms with Crippen LogP contribution in [0.5, 0.6) is 0 Å². The van der Waals surface area contributed by atoms with Gasteiger partial charge in [0.2, 0.25) is 5.91 Å². The third-order valence-electron chi connectivity index (χ3n) is 5.73. The second kappa shape index (κ2) is 10.8. The van der Waals surface area contributed by atoms with Crippen molar-refractivity contribution in [2.75, 3.05) is 26.2 Å². The van der Waals surface area contributed by atoms with Crippen molar-refractivity contribution in [2.24, 2.45) is 5.73 Å².